The minimum absolute atomic E-state index is 0.658. The van der Waals surface area contributed by atoms with Gasteiger partial charge in [0.25, 0.3) is 0 Å². The van der Waals surface area contributed by atoms with Crippen molar-refractivity contribution in [3.05, 3.63) is 35.7 Å². The first-order chi connectivity index (χ1) is 11.3. The number of nitrogens with one attached hydrogen (secondary N) is 1. The van der Waals surface area contributed by atoms with Crippen molar-refractivity contribution in [3.8, 4) is 15.6 Å². The van der Waals surface area contributed by atoms with Gasteiger partial charge in [0.1, 0.15) is 5.75 Å². The number of benzene rings is 1. The molecule has 0 saturated carbocycles. The molecule has 23 heavy (non-hydrogen) atoms. The predicted octanol–water partition coefficient (Wildman–Crippen LogP) is 5.02. The zero-order chi connectivity index (χ0) is 15.6. The highest BCUT2D eigenvalue weighted by Gasteiger charge is 2.10. The molecule has 0 unspecified atom stereocenters. The zero-order valence-electron chi connectivity index (χ0n) is 12.1. The molecule has 3 aromatic heterocycles. The monoisotopic (exact) mass is 360 g/mol. The number of aromatic nitrogens is 3. The molecule has 4 rings (SSSR count). The molecule has 1 aromatic carbocycles. The van der Waals surface area contributed by atoms with Crippen LogP contribution in [0.1, 0.15) is 6.92 Å². The average molecular weight is 360 g/mol. The topological polar surface area (TPSA) is 59.9 Å². The van der Waals surface area contributed by atoms with E-state index in [9.17, 15) is 0 Å². The average Bonchev–Trinajstić information content (AvgIpc) is 3.27. The molecule has 0 aliphatic rings. The third-order valence-electron chi connectivity index (χ3n) is 3.04. The molecule has 4 aromatic rings. The van der Waals surface area contributed by atoms with Crippen LogP contribution in [0.2, 0.25) is 0 Å². The second-order valence-electron chi connectivity index (χ2n) is 4.60. The second kappa shape index (κ2) is 6.23. The summed E-state index contributed by atoms with van der Waals surface area (Å²) in [4.78, 5) is 5.70. The molecule has 0 bridgehead atoms. The Morgan fingerprint density at radius 3 is 2.91 bits per heavy atom. The molecule has 0 radical (unpaired) electrons. The standard InChI is InChI=1S/C15H12N4OS3/c1-2-20-9-5-6-10-12(8-9)22-14(16-10)17-15-19-18-13(23-15)11-4-3-7-21-11/h3-8H,2H2,1H3,(H,16,17,19). The van der Waals surface area contributed by atoms with E-state index < -0.39 is 0 Å². The molecule has 8 heteroatoms. The number of thiazole rings is 1. The molecular weight excluding hydrogens is 348 g/mol. The van der Waals surface area contributed by atoms with Gasteiger partial charge in [0.15, 0.2) is 10.1 Å². The van der Waals surface area contributed by atoms with Crippen molar-refractivity contribution in [2.45, 2.75) is 6.92 Å². The van der Waals surface area contributed by atoms with Gasteiger partial charge in [-0.25, -0.2) is 4.98 Å². The van der Waals surface area contributed by atoms with Crippen molar-refractivity contribution in [2.24, 2.45) is 0 Å². The summed E-state index contributed by atoms with van der Waals surface area (Å²) in [6, 6.07) is 9.98. The van der Waals surface area contributed by atoms with E-state index in [2.05, 4.69) is 20.5 Å². The van der Waals surface area contributed by atoms with Crippen LogP contribution in [0.3, 0.4) is 0 Å². The summed E-state index contributed by atoms with van der Waals surface area (Å²) >= 11 is 4.76. The van der Waals surface area contributed by atoms with Crippen LogP contribution in [0, 0.1) is 0 Å². The molecule has 0 saturated heterocycles. The van der Waals surface area contributed by atoms with Crippen LogP contribution < -0.4 is 10.1 Å². The Bertz CT molecular complexity index is 929. The highest BCUT2D eigenvalue weighted by Crippen LogP contribution is 2.34. The second-order valence-corrected chi connectivity index (χ2v) is 7.55. The van der Waals surface area contributed by atoms with Gasteiger partial charge in [0, 0.05) is 0 Å². The van der Waals surface area contributed by atoms with Crippen molar-refractivity contribution >= 4 is 54.5 Å². The van der Waals surface area contributed by atoms with Gasteiger partial charge in [-0.2, -0.15) is 0 Å². The van der Waals surface area contributed by atoms with E-state index in [1.54, 1.807) is 22.7 Å². The molecular formula is C15H12N4OS3. The molecule has 0 spiro atoms. The van der Waals surface area contributed by atoms with Gasteiger partial charge in [0.05, 0.1) is 21.7 Å². The predicted molar refractivity (Wildman–Crippen MR) is 97.3 cm³/mol. The number of ether oxygens (including phenoxy) is 1. The summed E-state index contributed by atoms with van der Waals surface area (Å²) in [7, 11) is 0. The highest BCUT2D eigenvalue weighted by molar-refractivity contribution is 7.24. The number of anilines is 2. The minimum Gasteiger partial charge on any atom is -0.494 e. The molecule has 116 valence electrons. The number of hydrogen-bond acceptors (Lipinski definition) is 8. The van der Waals surface area contributed by atoms with Gasteiger partial charge in [-0.05, 0) is 36.6 Å². The van der Waals surface area contributed by atoms with E-state index in [4.69, 9.17) is 4.74 Å². The molecule has 5 nitrogen and oxygen atoms in total. The summed E-state index contributed by atoms with van der Waals surface area (Å²) < 4.78 is 6.61. The minimum atomic E-state index is 0.658. The summed E-state index contributed by atoms with van der Waals surface area (Å²) in [6.45, 7) is 2.64. The van der Waals surface area contributed by atoms with Crippen molar-refractivity contribution in [1.82, 2.24) is 15.2 Å². The summed E-state index contributed by atoms with van der Waals surface area (Å²) in [6.07, 6.45) is 0. The van der Waals surface area contributed by atoms with Crippen LogP contribution in [0.4, 0.5) is 10.3 Å². The fraction of sp³-hybridized carbons (Fsp3) is 0.133. The normalized spacial score (nSPS) is 11.0. The molecule has 0 fully saturated rings. The van der Waals surface area contributed by atoms with Crippen LogP contribution in [0.15, 0.2) is 35.7 Å². The van der Waals surface area contributed by atoms with Gasteiger partial charge in [-0.3, -0.25) is 0 Å². The first kappa shape index (κ1) is 14.6. The van der Waals surface area contributed by atoms with E-state index in [1.165, 1.54) is 11.3 Å². The van der Waals surface area contributed by atoms with E-state index in [0.29, 0.717) is 6.61 Å². The fourth-order valence-corrected chi connectivity index (χ4v) is 4.57. The first-order valence-electron chi connectivity index (χ1n) is 6.99. The lowest BCUT2D eigenvalue weighted by atomic mass is 10.3. The lowest BCUT2D eigenvalue weighted by Crippen LogP contribution is -1.90. The van der Waals surface area contributed by atoms with E-state index in [0.717, 1.165) is 36.1 Å². The van der Waals surface area contributed by atoms with Gasteiger partial charge >= 0.3 is 0 Å². The maximum Gasteiger partial charge on any atom is 0.212 e. The van der Waals surface area contributed by atoms with Gasteiger partial charge in [0.2, 0.25) is 5.13 Å². The van der Waals surface area contributed by atoms with Crippen molar-refractivity contribution in [3.63, 3.8) is 0 Å². The summed E-state index contributed by atoms with van der Waals surface area (Å²) in [5.74, 6) is 0.867. The molecule has 0 atom stereocenters. The largest absolute Gasteiger partial charge is 0.494 e. The first-order valence-corrected chi connectivity index (χ1v) is 9.51. The van der Waals surface area contributed by atoms with Gasteiger partial charge < -0.3 is 10.1 Å². The number of fused-ring (bicyclic) bond motifs is 1. The van der Waals surface area contributed by atoms with Crippen molar-refractivity contribution in [2.75, 3.05) is 11.9 Å². The highest BCUT2D eigenvalue weighted by atomic mass is 32.1. The Balaban J connectivity index is 1.57. The Morgan fingerprint density at radius 1 is 1.13 bits per heavy atom. The Morgan fingerprint density at radius 2 is 2.09 bits per heavy atom. The Hall–Kier alpha value is -2.03. The quantitative estimate of drug-likeness (QED) is 0.541. The maximum absolute atomic E-state index is 5.53. The third-order valence-corrected chi connectivity index (χ3v) is 5.85. The molecule has 1 N–H and O–H groups in total. The summed E-state index contributed by atoms with van der Waals surface area (Å²) in [5.41, 5.74) is 0.948. The van der Waals surface area contributed by atoms with E-state index >= 15 is 0 Å². The fourth-order valence-electron chi connectivity index (χ4n) is 2.08. The Labute approximate surface area is 144 Å². The van der Waals surface area contributed by atoms with Crippen molar-refractivity contribution in [1.29, 1.82) is 0 Å². The van der Waals surface area contributed by atoms with Crippen LogP contribution in [-0.2, 0) is 0 Å². The van der Waals surface area contributed by atoms with E-state index in [-0.39, 0.29) is 0 Å². The SMILES string of the molecule is CCOc1ccc2nc(Nc3nnc(-c4cccs4)s3)sc2c1. The van der Waals surface area contributed by atoms with Gasteiger partial charge in [-0.15, -0.1) is 21.5 Å². The number of rotatable bonds is 5. The maximum atomic E-state index is 5.53. The molecule has 3 heterocycles. The van der Waals surface area contributed by atoms with Crippen LogP contribution in [0.5, 0.6) is 5.75 Å². The number of hydrogen-bond donors (Lipinski definition) is 1. The Kier molecular flexibility index (Phi) is 3.94. The molecule has 0 amide bonds. The molecule has 0 aliphatic heterocycles. The van der Waals surface area contributed by atoms with Crippen molar-refractivity contribution < 1.29 is 4.74 Å². The third kappa shape index (κ3) is 3.05. The lowest BCUT2D eigenvalue weighted by Gasteiger charge is -2.00. The summed E-state index contributed by atoms with van der Waals surface area (Å²) in [5, 5.41) is 16.2. The smallest absolute Gasteiger partial charge is 0.212 e. The van der Waals surface area contributed by atoms with Crippen LogP contribution in [-0.4, -0.2) is 21.8 Å². The zero-order valence-corrected chi connectivity index (χ0v) is 14.6. The lowest BCUT2D eigenvalue weighted by molar-refractivity contribution is 0.341. The number of nitrogens with zero attached hydrogens (tertiary/aromatic N) is 3. The van der Waals surface area contributed by atoms with Crippen LogP contribution >= 0.6 is 34.0 Å². The molecule has 0 aliphatic carbocycles. The van der Waals surface area contributed by atoms with Crippen LogP contribution in [0.25, 0.3) is 20.1 Å². The van der Waals surface area contributed by atoms with E-state index in [1.807, 2.05) is 42.6 Å². The van der Waals surface area contributed by atoms with Gasteiger partial charge in [-0.1, -0.05) is 28.7 Å². The number of thiophene rings is 1.